The van der Waals surface area contributed by atoms with Crippen molar-refractivity contribution in [1.29, 1.82) is 0 Å². The molecule has 0 aromatic heterocycles. The smallest absolute Gasteiger partial charge is 0.237 e. The largest absolute Gasteiger partial charge is 0.371 e. The molecule has 2 fully saturated rings. The Balaban J connectivity index is 1.80. The lowest BCUT2D eigenvalue weighted by Gasteiger charge is -2.19. The van der Waals surface area contributed by atoms with Gasteiger partial charge in [-0.25, -0.2) is 0 Å². The Morgan fingerprint density at radius 1 is 1.31 bits per heavy atom. The minimum atomic E-state index is -0.0346. The molecule has 74 valence electrons. The van der Waals surface area contributed by atoms with Gasteiger partial charge in [0.25, 0.3) is 0 Å². The molecule has 0 aromatic carbocycles. The summed E-state index contributed by atoms with van der Waals surface area (Å²) in [4.78, 5) is 13.0. The highest BCUT2D eigenvalue weighted by molar-refractivity contribution is 6.27. The molecule has 0 aliphatic carbocycles. The normalized spacial score (nSPS) is 29.9. The van der Waals surface area contributed by atoms with E-state index in [-0.39, 0.29) is 24.0 Å². The van der Waals surface area contributed by atoms with Crippen molar-refractivity contribution in [2.75, 3.05) is 32.2 Å². The minimum absolute atomic E-state index is 0.0346. The van der Waals surface area contributed by atoms with Crippen molar-refractivity contribution >= 4 is 17.5 Å². The molecule has 2 aliphatic rings. The first-order valence-electron chi connectivity index (χ1n) is 4.36. The molecule has 2 rings (SSSR count). The maximum Gasteiger partial charge on any atom is 0.237 e. The summed E-state index contributed by atoms with van der Waals surface area (Å²) >= 11 is 5.48. The second kappa shape index (κ2) is 3.82. The van der Waals surface area contributed by atoms with E-state index in [1.807, 2.05) is 0 Å². The fourth-order valence-corrected chi connectivity index (χ4v) is 1.37. The van der Waals surface area contributed by atoms with Crippen LogP contribution in [0.3, 0.4) is 0 Å². The lowest BCUT2D eigenvalue weighted by molar-refractivity contribution is -0.129. The maximum atomic E-state index is 11.3. The van der Waals surface area contributed by atoms with Crippen molar-refractivity contribution in [2.45, 2.75) is 12.2 Å². The monoisotopic (exact) mass is 205 g/mol. The molecule has 5 heteroatoms. The van der Waals surface area contributed by atoms with Crippen LogP contribution in [0.15, 0.2) is 0 Å². The summed E-state index contributed by atoms with van der Waals surface area (Å²) in [5.74, 6) is 0.00654. The van der Waals surface area contributed by atoms with Crippen LogP contribution in [-0.4, -0.2) is 55.2 Å². The zero-order valence-corrected chi connectivity index (χ0v) is 8.00. The predicted octanol–water partition coefficient (Wildman–Crippen LogP) is -0.149. The first-order chi connectivity index (χ1) is 6.29. The van der Waals surface area contributed by atoms with E-state index in [1.165, 1.54) is 0 Å². The SMILES string of the molecule is O=C(CCl)N(CC1CO1)CC1CO1. The number of ether oxygens (including phenoxy) is 2. The molecule has 2 saturated heterocycles. The summed E-state index contributed by atoms with van der Waals surface area (Å²) in [5, 5.41) is 0. The van der Waals surface area contributed by atoms with Gasteiger partial charge in [0.15, 0.2) is 0 Å². The Bertz CT molecular complexity index is 190. The van der Waals surface area contributed by atoms with Gasteiger partial charge >= 0.3 is 0 Å². The summed E-state index contributed by atoms with van der Waals surface area (Å²) in [6.07, 6.45) is 0.455. The van der Waals surface area contributed by atoms with Gasteiger partial charge in [0, 0.05) is 13.1 Å². The zero-order valence-electron chi connectivity index (χ0n) is 7.24. The van der Waals surface area contributed by atoms with E-state index < -0.39 is 0 Å². The number of carbonyl (C=O) groups excluding carboxylic acids is 1. The van der Waals surface area contributed by atoms with Crippen molar-refractivity contribution in [3.05, 3.63) is 0 Å². The molecule has 13 heavy (non-hydrogen) atoms. The molecule has 0 aromatic rings. The Morgan fingerprint density at radius 2 is 1.77 bits per heavy atom. The van der Waals surface area contributed by atoms with E-state index in [2.05, 4.69) is 0 Å². The van der Waals surface area contributed by atoms with Gasteiger partial charge in [-0.15, -0.1) is 11.6 Å². The minimum Gasteiger partial charge on any atom is -0.371 e. The van der Waals surface area contributed by atoms with Crippen molar-refractivity contribution in [3.63, 3.8) is 0 Å². The standard InChI is InChI=1S/C8H12ClNO3/c9-1-8(11)10(2-6-4-12-6)3-7-5-13-7/h6-7H,1-5H2. The Hall–Kier alpha value is -0.320. The second-order valence-electron chi connectivity index (χ2n) is 3.34. The van der Waals surface area contributed by atoms with Crippen LogP contribution in [0.1, 0.15) is 0 Å². The fourth-order valence-electron chi connectivity index (χ4n) is 1.20. The van der Waals surface area contributed by atoms with E-state index in [1.54, 1.807) is 4.90 Å². The third-order valence-electron chi connectivity index (χ3n) is 2.12. The van der Waals surface area contributed by atoms with Gasteiger partial charge in [-0.1, -0.05) is 0 Å². The van der Waals surface area contributed by atoms with Gasteiger partial charge in [-0.05, 0) is 0 Å². The van der Waals surface area contributed by atoms with E-state index in [0.717, 1.165) is 13.2 Å². The average Bonchev–Trinajstić information content (AvgIpc) is 2.94. The molecular formula is C8H12ClNO3. The summed E-state index contributed by atoms with van der Waals surface area (Å²) in [6, 6.07) is 0. The molecular weight excluding hydrogens is 194 g/mol. The Kier molecular flexibility index (Phi) is 2.71. The molecule has 0 N–H and O–H groups in total. The summed E-state index contributed by atoms with van der Waals surface area (Å²) in [5.41, 5.74) is 0. The molecule has 2 heterocycles. The number of nitrogens with zero attached hydrogens (tertiary/aromatic N) is 1. The fraction of sp³-hybridized carbons (Fsp3) is 0.875. The van der Waals surface area contributed by atoms with Gasteiger partial charge < -0.3 is 14.4 Å². The van der Waals surface area contributed by atoms with Crippen molar-refractivity contribution < 1.29 is 14.3 Å². The van der Waals surface area contributed by atoms with Crippen molar-refractivity contribution in [1.82, 2.24) is 4.90 Å². The van der Waals surface area contributed by atoms with Crippen LogP contribution in [0.5, 0.6) is 0 Å². The molecule has 1 amide bonds. The Labute approximate surface area is 81.7 Å². The number of epoxide rings is 2. The number of amides is 1. The van der Waals surface area contributed by atoms with E-state index in [4.69, 9.17) is 21.1 Å². The van der Waals surface area contributed by atoms with Crippen molar-refractivity contribution in [3.8, 4) is 0 Å². The lowest BCUT2D eigenvalue weighted by atomic mass is 10.3. The second-order valence-corrected chi connectivity index (χ2v) is 3.61. The predicted molar refractivity (Wildman–Crippen MR) is 46.8 cm³/mol. The summed E-state index contributed by atoms with van der Waals surface area (Å²) in [7, 11) is 0. The number of hydrogen-bond acceptors (Lipinski definition) is 3. The highest BCUT2D eigenvalue weighted by Gasteiger charge is 2.32. The summed E-state index contributed by atoms with van der Waals surface area (Å²) < 4.78 is 10.1. The highest BCUT2D eigenvalue weighted by Crippen LogP contribution is 2.15. The molecule has 0 radical (unpaired) electrons. The average molecular weight is 206 g/mol. The van der Waals surface area contributed by atoms with Crippen LogP contribution in [0.2, 0.25) is 0 Å². The quantitative estimate of drug-likeness (QED) is 0.463. The first kappa shape index (κ1) is 9.24. The van der Waals surface area contributed by atoms with Gasteiger partial charge in [0.1, 0.15) is 5.88 Å². The van der Waals surface area contributed by atoms with Crippen LogP contribution < -0.4 is 0 Å². The molecule has 4 nitrogen and oxygen atoms in total. The van der Waals surface area contributed by atoms with E-state index in [9.17, 15) is 4.79 Å². The third-order valence-corrected chi connectivity index (χ3v) is 2.35. The van der Waals surface area contributed by atoms with Gasteiger partial charge in [-0.2, -0.15) is 0 Å². The van der Waals surface area contributed by atoms with Gasteiger partial charge in [0.2, 0.25) is 5.91 Å². The van der Waals surface area contributed by atoms with Gasteiger partial charge in [-0.3, -0.25) is 4.79 Å². The van der Waals surface area contributed by atoms with E-state index >= 15 is 0 Å². The summed E-state index contributed by atoms with van der Waals surface area (Å²) in [6.45, 7) is 2.84. The molecule has 2 unspecified atom stereocenters. The molecule has 0 saturated carbocycles. The van der Waals surface area contributed by atoms with Crippen LogP contribution in [0, 0.1) is 0 Å². The zero-order chi connectivity index (χ0) is 9.26. The molecule has 0 bridgehead atoms. The molecule has 2 aliphatic heterocycles. The molecule has 2 atom stereocenters. The van der Waals surface area contributed by atoms with Crippen LogP contribution in [-0.2, 0) is 14.3 Å². The number of halogens is 1. The first-order valence-corrected chi connectivity index (χ1v) is 4.90. The van der Waals surface area contributed by atoms with E-state index in [0.29, 0.717) is 13.1 Å². The van der Waals surface area contributed by atoms with Crippen LogP contribution in [0.4, 0.5) is 0 Å². The number of alkyl halides is 1. The van der Waals surface area contributed by atoms with Crippen molar-refractivity contribution in [2.24, 2.45) is 0 Å². The number of carbonyl (C=O) groups is 1. The van der Waals surface area contributed by atoms with Crippen LogP contribution in [0.25, 0.3) is 0 Å². The highest BCUT2D eigenvalue weighted by atomic mass is 35.5. The Morgan fingerprint density at radius 3 is 2.08 bits per heavy atom. The maximum absolute atomic E-state index is 11.3. The lowest BCUT2D eigenvalue weighted by Crippen LogP contribution is -2.38. The van der Waals surface area contributed by atoms with Gasteiger partial charge in [0.05, 0.1) is 25.4 Å². The molecule has 0 spiro atoms. The number of rotatable bonds is 5. The topological polar surface area (TPSA) is 45.4 Å². The third kappa shape index (κ3) is 2.83. The number of hydrogen-bond donors (Lipinski definition) is 0. The van der Waals surface area contributed by atoms with Crippen LogP contribution >= 0.6 is 11.6 Å².